The van der Waals surface area contributed by atoms with Crippen LogP contribution in [-0.2, 0) is 23.1 Å². The molecule has 1 amide bonds. The quantitative estimate of drug-likeness (QED) is 0.735. The van der Waals surface area contributed by atoms with Crippen LogP contribution in [0.4, 0.5) is 5.69 Å². The standard InChI is InChI=1S/C27H32N2O/c1-18-21-11-13-27(3)24-10-5-4-8-22(24)17-26(25(27)16-21)29(18)14-12-20-7-6-9-23(15-20)28-19(2)30/h4-11,13,15,18,21,25-26H,12,14,16-17H2,1-3H3,(H,28,30)/t18?,21?,25?,26?,27-/m1/s1. The van der Waals surface area contributed by atoms with E-state index in [9.17, 15) is 4.79 Å². The molecule has 3 nitrogen and oxygen atoms in total. The molecule has 3 heteroatoms. The maximum Gasteiger partial charge on any atom is 0.221 e. The Bertz CT molecular complexity index is 996. The average Bonchev–Trinajstić information content (AvgIpc) is 2.73. The van der Waals surface area contributed by atoms with E-state index in [1.165, 1.54) is 17.5 Å². The Morgan fingerprint density at radius 2 is 2.03 bits per heavy atom. The fourth-order valence-electron chi connectivity index (χ4n) is 6.39. The third-order valence-corrected chi connectivity index (χ3v) is 7.95. The number of nitrogens with zero attached hydrogens (tertiary/aromatic N) is 1. The molecule has 2 bridgehead atoms. The molecule has 2 aromatic rings. The fourth-order valence-corrected chi connectivity index (χ4v) is 6.39. The molecule has 0 radical (unpaired) electrons. The van der Waals surface area contributed by atoms with Crippen molar-refractivity contribution in [3.05, 3.63) is 77.4 Å². The minimum atomic E-state index is -0.0171. The number of hydrogen-bond donors (Lipinski definition) is 1. The third-order valence-electron chi connectivity index (χ3n) is 7.95. The lowest BCUT2D eigenvalue weighted by molar-refractivity contribution is -0.114. The third kappa shape index (κ3) is 3.20. The summed E-state index contributed by atoms with van der Waals surface area (Å²) in [5.74, 6) is 1.32. The molecule has 2 aliphatic carbocycles. The van der Waals surface area contributed by atoms with Gasteiger partial charge < -0.3 is 5.32 Å². The second kappa shape index (κ2) is 7.39. The highest BCUT2D eigenvalue weighted by Gasteiger charge is 2.52. The van der Waals surface area contributed by atoms with E-state index in [4.69, 9.17) is 0 Å². The van der Waals surface area contributed by atoms with Crippen LogP contribution < -0.4 is 5.32 Å². The number of carbonyl (C=O) groups is 1. The maximum absolute atomic E-state index is 11.4. The van der Waals surface area contributed by atoms with Gasteiger partial charge in [0.25, 0.3) is 0 Å². The molecule has 3 aliphatic rings. The predicted octanol–water partition coefficient (Wildman–Crippen LogP) is 4.97. The molecule has 5 rings (SSSR count). The van der Waals surface area contributed by atoms with Gasteiger partial charge in [-0.1, -0.05) is 55.5 Å². The van der Waals surface area contributed by atoms with Crippen LogP contribution in [0.15, 0.2) is 60.7 Å². The number of amides is 1. The van der Waals surface area contributed by atoms with Crippen LogP contribution in [0.25, 0.3) is 0 Å². The Morgan fingerprint density at radius 1 is 1.20 bits per heavy atom. The number of rotatable bonds is 4. The number of carbonyl (C=O) groups excluding carboxylic acids is 1. The minimum absolute atomic E-state index is 0.0171. The highest BCUT2D eigenvalue weighted by Crippen LogP contribution is 2.53. The summed E-state index contributed by atoms with van der Waals surface area (Å²) in [5.41, 5.74) is 5.40. The topological polar surface area (TPSA) is 32.3 Å². The number of hydrogen-bond acceptors (Lipinski definition) is 2. The number of nitrogens with one attached hydrogen (secondary N) is 1. The molecule has 1 N–H and O–H groups in total. The van der Waals surface area contributed by atoms with Gasteiger partial charge in [-0.3, -0.25) is 9.69 Å². The zero-order chi connectivity index (χ0) is 20.9. The summed E-state index contributed by atoms with van der Waals surface area (Å²) < 4.78 is 0. The molecule has 1 aliphatic heterocycles. The Balaban J connectivity index is 1.42. The molecule has 2 aromatic carbocycles. The van der Waals surface area contributed by atoms with Gasteiger partial charge >= 0.3 is 0 Å². The van der Waals surface area contributed by atoms with Gasteiger partial charge in [0.05, 0.1) is 0 Å². The van der Waals surface area contributed by atoms with E-state index in [0.29, 0.717) is 23.9 Å². The summed E-state index contributed by atoms with van der Waals surface area (Å²) in [7, 11) is 0. The molecule has 0 saturated carbocycles. The van der Waals surface area contributed by atoms with E-state index >= 15 is 0 Å². The van der Waals surface area contributed by atoms with Crippen molar-refractivity contribution in [2.45, 2.75) is 57.5 Å². The second-order valence-electron chi connectivity index (χ2n) is 9.69. The predicted molar refractivity (Wildman–Crippen MR) is 123 cm³/mol. The zero-order valence-electron chi connectivity index (χ0n) is 18.3. The monoisotopic (exact) mass is 400 g/mol. The Labute approximate surface area is 180 Å². The van der Waals surface area contributed by atoms with Gasteiger partial charge in [-0.05, 0) is 66.8 Å². The van der Waals surface area contributed by atoms with Crippen LogP contribution in [0.1, 0.15) is 43.9 Å². The smallest absolute Gasteiger partial charge is 0.221 e. The van der Waals surface area contributed by atoms with Crippen molar-refractivity contribution in [3.8, 4) is 0 Å². The van der Waals surface area contributed by atoms with Crippen molar-refractivity contribution in [2.24, 2.45) is 11.8 Å². The Kier molecular flexibility index (Phi) is 4.82. The normalized spacial score (nSPS) is 31.8. The Morgan fingerprint density at radius 3 is 2.87 bits per heavy atom. The van der Waals surface area contributed by atoms with Crippen molar-refractivity contribution < 1.29 is 4.79 Å². The van der Waals surface area contributed by atoms with Crippen molar-refractivity contribution in [1.82, 2.24) is 4.90 Å². The average molecular weight is 401 g/mol. The van der Waals surface area contributed by atoms with Crippen molar-refractivity contribution >= 4 is 11.6 Å². The molecule has 1 saturated heterocycles. The summed E-state index contributed by atoms with van der Waals surface area (Å²) >= 11 is 0. The first kappa shape index (κ1) is 19.6. The van der Waals surface area contributed by atoms with Gasteiger partial charge in [-0.25, -0.2) is 0 Å². The second-order valence-corrected chi connectivity index (χ2v) is 9.69. The molecule has 1 fully saturated rings. The number of benzene rings is 2. The number of piperidine rings is 1. The highest BCUT2D eigenvalue weighted by atomic mass is 16.1. The molecule has 5 atom stereocenters. The summed E-state index contributed by atoms with van der Waals surface area (Å²) in [6, 6.07) is 18.6. The van der Waals surface area contributed by atoms with Crippen molar-refractivity contribution in [2.75, 3.05) is 11.9 Å². The molecule has 0 aromatic heterocycles. The lowest BCUT2D eigenvalue weighted by Gasteiger charge is -2.59. The summed E-state index contributed by atoms with van der Waals surface area (Å²) in [6.45, 7) is 7.50. The van der Waals surface area contributed by atoms with E-state index in [0.717, 1.165) is 25.1 Å². The van der Waals surface area contributed by atoms with Gasteiger partial charge in [0.1, 0.15) is 0 Å². The van der Waals surface area contributed by atoms with E-state index in [-0.39, 0.29) is 11.3 Å². The van der Waals surface area contributed by atoms with Gasteiger partial charge in [-0.15, -0.1) is 0 Å². The first-order valence-corrected chi connectivity index (χ1v) is 11.4. The van der Waals surface area contributed by atoms with Gasteiger partial charge in [-0.2, -0.15) is 0 Å². The van der Waals surface area contributed by atoms with E-state index < -0.39 is 0 Å². The van der Waals surface area contributed by atoms with E-state index in [2.05, 4.69) is 72.6 Å². The van der Waals surface area contributed by atoms with Crippen LogP contribution in [0.3, 0.4) is 0 Å². The summed E-state index contributed by atoms with van der Waals surface area (Å²) in [5, 5.41) is 2.91. The fraction of sp³-hybridized carbons (Fsp3) is 0.444. The largest absolute Gasteiger partial charge is 0.326 e. The molecule has 4 unspecified atom stereocenters. The summed E-state index contributed by atoms with van der Waals surface area (Å²) in [6.07, 6.45) is 8.51. The number of anilines is 1. The molecule has 1 heterocycles. The number of likely N-dealkylation sites (tertiary alicyclic amines) is 1. The Hall–Kier alpha value is -2.39. The first-order chi connectivity index (χ1) is 14.5. The van der Waals surface area contributed by atoms with Crippen LogP contribution in [0.2, 0.25) is 0 Å². The molecular weight excluding hydrogens is 368 g/mol. The molecule has 0 spiro atoms. The number of fused-ring (bicyclic) bond motifs is 3. The lowest BCUT2D eigenvalue weighted by Crippen LogP contribution is -2.62. The van der Waals surface area contributed by atoms with Gasteiger partial charge in [0.15, 0.2) is 0 Å². The molecule has 30 heavy (non-hydrogen) atoms. The van der Waals surface area contributed by atoms with Crippen LogP contribution in [0, 0.1) is 11.8 Å². The lowest BCUT2D eigenvalue weighted by atomic mass is 9.54. The van der Waals surface area contributed by atoms with Crippen LogP contribution in [0.5, 0.6) is 0 Å². The SMILES string of the molecule is CC(=O)Nc1cccc(CCN2C(C)C3C=C[C@]4(C)c5ccccc5CC2C4C3)c1. The summed E-state index contributed by atoms with van der Waals surface area (Å²) in [4.78, 5) is 14.2. The van der Waals surface area contributed by atoms with E-state index in [1.807, 2.05) is 12.1 Å². The van der Waals surface area contributed by atoms with Crippen molar-refractivity contribution in [1.29, 1.82) is 0 Å². The zero-order valence-corrected chi connectivity index (χ0v) is 18.3. The van der Waals surface area contributed by atoms with Crippen LogP contribution >= 0.6 is 0 Å². The molecule has 156 valence electrons. The van der Waals surface area contributed by atoms with Crippen LogP contribution in [-0.4, -0.2) is 29.4 Å². The van der Waals surface area contributed by atoms with Gasteiger partial charge in [0.2, 0.25) is 5.91 Å². The van der Waals surface area contributed by atoms with E-state index in [1.54, 1.807) is 12.5 Å². The van der Waals surface area contributed by atoms with Crippen molar-refractivity contribution in [3.63, 3.8) is 0 Å². The number of allylic oxidation sites excluding steroid dienone is 1. The highest BCUT2D eigenvalue weighted by molar-refractivity contribution is 5.88. The minimum Gasteiger partial charge on any atom is -0.326 e. The van der Waals surface area contributed by atoms with Gasteiger partial charge in [0, 0.05) is 36.7 Å². The molecular formula is C27H32N2O. The maximum atomic E-state index is 11.4. The first-order valence-electron chi connectivity index (χ1n) is 11.4.